The molecule has 138 valence electrons. The molecule has 1 aromatic heterocycles. The fourth-order valence-corrected chi connectivity index (χ4v) is 3.10. The number of halogens is 4. The summed E-state index contributed by atoms with van der Waals surface area (Å²) in [4.78, 5) is 18.8. The fourth-order valence-electron chi connectivity index (χ4n) is 2.64. The molecule has 9 heteroatoms. The number of hydrogen-bond acceptors (Lipinski definition) is 4. The number of rotatable bonds is 4. The number of carbonyl (C=O) groups is 1. The van der Waals surface area contributed by atoms with E-state index in [1.807, 2.05) is 0 Å². The first kappa shape index (κ1) is 18.5. The van der Waals surface area contributed by atoms with E-state index in [1.165, 1.54) is 12.3 Å². The topological polar surface area (TPSA) is 54.5 Å². The Kier molecular flexibility index (Phi) is 5.36. The third kappa shape index (κ3) is 4.66. The van der Waals surface area contributed by atoms with Crippen LogP contribution in [0.25, 0.3) is 0 Å². The Balaban J connectivity index is 1.67. The molecule has 0 spiro atoms. The van der Waals surface area contributed by atoms with Crippen molar-refractivity contribution in [3.63, 3.8) is 0 Å². The maximum atomic E-state index is 12.3. The molecule has 1 aliphatic heterocycles. The van der Waals surface area contributed by atoms with Crippen LogP contribution in [0.1, 0.15) is 23.2 Å². The van der Waals surface area contributed by atoms with Crippen LogP contribution in [0.2, 0.25) is 0 Å². The van der Waals surface area contributed by atoms with Gasteiger partial charge in [-0.05, 0) is 59.1 Å². The average Bonchev–Trinajstić information content (AvgIpc) is 3.10. The molecule has 0 aliphatic carbocycles. The predicted molar refractivity (Wildman–Crippen MR) is 94.5 cm³/mol. The highest BCUT2D eigenvalue weighted by molar-refractivity contribution is 9.10. The van der Waals surface area contributed by atoms with E-state index in [9.17, 15) is 18.0 Å². The number of benzene rings is 1. The van der Waals surface area contributed by atoms with Crippen LogP contribution in [0.3, 0.4) is 0 Å². The van der Waals surface area contributed by atoms with E-state index >= 15 is 0 Å². The van der Waals surface area contributed by atoms with Gasteiger partial charge in [-0.15, -0.1) is 13.2 Å². The summed E-state index contributed by atoms with van der Waals surface area (Å²) in [5.41, 5.74) is 0.684. The molecule has 0 atom stereocenters. The SMILES string of the molecule is O=C(Nc1ccc(OC(F)(F)F)cc1Br)c1ccc(N2CCCC2)nc1. The first-order chi connectivity index (χ1) is 12.3. The van der Waals surface area contributed by atoms with E-state index in [0.29, 0.717) is 11.3 Å². The van der Waals surface area contributed by atoms with E-state index in [1.54, 1.807) is 12.1 Å². The Hall–Kier alpha value is -2.29. The average molecular weight is 430 g/mol. The van der Waals surface area contributed by atoms with E-state index in [0.717, 1.165) is 43.9 Å². The molecule has 1 aromatic carbocycles. The molecule has 2 aromatic rings. The number of anilines is 2. The number of aromatic nitrogens is 1. The van der Waals surface area contributed by atoms with Gasteiger partial charge in [0.15, 0.2) is 0 Å². The van der Waals surface area contributed by atoms with Crippen molar-refractivity contribution >= 4 is 33.3 Å². The van der Waals surface area contributed by atoms with E-state index in [2.05, 4.69) is 35.9 Å². The van der Waals surface area contributed by atoms with E-state index in [-0.39, 0.29) is 10.2 Å². The van der Waals surface area contributed by atoms with Gasteiger partial charge in [-0.2, -0.15) is 0 Å². The molecule has 1 aliphatic rings. The van der Waals surface area contributed by atoms with Crippen LogP contribution in [0.5, 0.6) is 5.75 Å². The summed E-state index contributed by atoms with van der Waals surface area (Å²) in [7, 11) is 0. The van der Waals surface area contributed by atoms with Gasteiger partial charge in [0.25, 0.3) is 5.91 Å². The Morgan fingerprint density at radius 3 is 2.50 bits per heavy atom. The first-order valence-electron chi connectivity index (χ1n) is 7.89. The molecule has 0 saturated carbocycles. The van der Waals surface area contributed by atoms with Gasteiger partial charge in [-0.1, -0.05) is 0 Å². The molecule has 1 fully saturated rings. The summed E-state index contributed by atoms with van der Waals surface area (Å²) in [6, 6.07) is 7.05. The normalized spacial score (nSPS) is 14.4. The number of ether oxygens (including phenoxy) is 1. The predicted octanol–water partition coefficient (Wildman–Crippen LogP) is 4.60. The van der Waals surface area contributed by atoms with Crippen LogP contribution in [0.15, 0.2) is 41.0 Å². The van der Waals surface area contributed by atoms with E-state index in [4.69, 9.17) is 0 Å². The Labute approximate surface area is 156 Å². The summed E-state index contributed by atoms with van der Waals surface area (Å²) in [5.74, 6) is 0.0450. The molecular weight excluding hydrogens is 415 g/mol. The zero-order valence-corrected chi connectivity index (χ0v) is 15.1. The number of pyridine rings is 1. The maximum Gasteiger partial charge on any atom is 0.573 e. The summed E-state index contributed by atoms with van der Waals surface area (Å²) >= 11 is 3.13. The molecule has 1 saturated heterocycles. The minimum Gasteiger partial charge on any atom is -0.406 e. The monoisotopic (exact) mass is 429 g/mol. The van der Waals surface area contributed by atoms with Gasteiger partial charge in [0.2, 0.25) is 0 Å². The molecule has 1 N–H and O–H groups in total. The van der Waals surface area contributed by atoms with Crippen LogP contribution < -0.4 is 15.0 Å². The molecule has 0 unspecified atom stereocenters. The number of carbonyl (C=O) groups excluding carboxylic acids is 1. The van der Waals surface area contributed by atoms with Crippen LogP contribution >= 0.6 is 15.9 Å². The lowest BCUT2D eigenvalue weighted by molar-refractivity contribution is -0.274. The lowest BCUT2D eigenvalue weighted by Crippen LogP contribution is -2.19. The number of nitrogens with zero attached hydrogens (tertiary/aromatic N) is 2. The van der Waals surface area contributed by atoms with Crippen molar-refractivity contribution in [2.75, 3.05) is 23.3 Å². The minimum atomic E-state index is -4.77. The van der Waals surface area contributed by atoms with Crippen molar-refractivity contribution in [3.05, 3.63) is 46.6 Å². The number of alkyl halides is 3. The molecule has 0 radical (unpaired) electrons. The summed E-state index contributed by atoms with van der Waals surface area (Å²) < 4.78 is 40.8. The number of hydrogen-bond donors (Lipinski definition) is 1. The number of amides is 1. The minimum absolute atomic E-state index is 0.272. The van der Waals surface area contributed by atoms with Gasteiger partial charge < -0.3 is 15.0 Å². The largest absolute Gasteiger partial charge is 0.573 e. The third-order valence-corrected chi connectivity index (χ3v) is 4.52. The lowest BCUT2D eigenvalue weighted by atomic mass is 10.2. The van der Waals surface area contributed by atoms with Crippen LogP contribution in [0.4, 0.5) is 24.7 Å². The zero-order chi connectivity index (χ0) is 18.7. The van der Waals surface area contributed by atoms with Gasteiger partial charge in [-0.25, -0.2) is 4.98 Å². The Morgan fingerprint density at radius 2 is 1.92 bits per heavy atom. The van der Waals surface area contributed by atoms with Crippen molar-refractivity contribution in [1.29, 1.82) is 0 Å². The molecule has 5 nitrogen and oxygen atoms in total. The van der Waals surface area contributed by atoms with Gasteiger partial charge in [0.05, 0.1) is 11.3 Å². The second-order valence-electron chi connectivity index (χ2n) is 5.74. The Bertz CT molecular complexity index is 791. The van der Waals surface area contributed by atoms with Crippen molar-refractivity contribution < 1.29 is 22.7 Å². The van der Waals surface area contributed by atoms with E-state index < -0.39 is 12.3 Å². The smallest absolute Gasteiger partial charge is 0.406 e. The molecular formula is C17H15BrF3N3O2. The summed E-state index contributed by atoms with van der Waals surface area (Å²) in [6.07, 6.45) is -1.02. The second kappa shape index (κ2) is 7.53. The van der Waals surface area contributed by atoms with Crippen molar-refractivity contribution in [3.8, 4) is 5.75 Å². The molecule has 2 heterocycles. The van der Waals surface area contributed by atoms with Crippen LogP contribution in [-0.2, 0) is 0 Å². The zero-order valence-electron chi connectivity index (χ0n) is 13.5. The molecule has 3 rings (SSSR count). The Morgan fingerprint density at radius 1 is 1.19 bits per heavy atom. The lowest BCUT2D eigenvalue weighted by Gasteiger charge is -2.16. The van der Waals surface area contributed by atoms with Gasteiger partial charge in [0.1, 0.15) is 11.6 Å². The van der Waals surface area contributed by atoms with Gasteiger partial charge >= 0.3 is 6.36 Å². The van der Waals surface area contributed by atoms with Crippen LogP contribution in [-0.4, -0.2) is 30.3 Å². The van der Waals surface area contributed by atoms with Crippen molar-refractivity contribution in [2.24, 2.45) is 0 Å². The van der Waals surface area contributed by atoms with Gasteiger partial charge in [-0.3, -0.25) is 4.79 Å². The summed E-state index contributed by atoms with van der Waals surface area (Å²) in [5, 5.41) is 2.63. The second-order valence-corrected chi connectivity index (χ2v) is 6.60. The first-order valence-corrected chi connectivity index (χ1v) is 8.69. The van der Waals surface area contributed by atoms with Crippen molar-refractivity contribution in [1.82, 2.24) is 4.98 Å². The third-order valence-electron chi connectivity index (χ3n) is 3.86. The highest BCUT2D eigenvalue weighted by Gasteiger charge is 2.31. The number of nitrogens with one attached hydrogen (secondary N) is 1. The molecule has 26 heavy (non-hydrogen) atoms. The maximum absolute atomic E-state index is 12.3. The highest BCUT2D eigenvalue weighted by Crippen LogP contribution is 2.31. The standard InChI is InChI=1S/C17H15BrF3N3O2/c18-13-9-12(26-17(19,20)21)4-5-14(13)23-16(25)11-3-6-15(22-10-11)24-7-1-2-8-24/h3-6,9-10H,1-2,7-8H2,(H,23,25). The van der Waals surface area contributed by atoms with Crippen LogP contribution in [0, 0.1) is 0 Å². The highest BCUT2D eigenvalue weighted by atomic mass is 79.9. The molecule has 0 bridgehead atoms. The van der Waals surface area contributed by atoms with Crippen molar-refractivity contribution in [2.45, 2.75) is 19.2 Å². The van der Waals surface area contributed by atoms with Gasteiger partial charge in [0, 0.05) is 23.8 Å². The summed E-state index contributed by atoms with van der Waals surface area (Å²) in [6.45, 7) is 1.91. The quantitative estimate of drug-likeness (QED) is 0.771. The fraction of sp³-hybridized carbons (Fsp3) is 0.294. The molecule has 1 amide bonds.